The molecule has 0 aliphatic rings. The highest BCUT2D eigenvalue weighted by molar-refractivity contribution is 5.64. The van der Waals surface area contributed by atoms with Gasteiger partial charge in [-0.25, -0.2) is 0 Å². The predicted molar refractivity (Wildman–Crippen MR) is 64.4 cm³/mol. The van der Waals surface area contributed by atoms with Crippen molar-refractivity contribution in [2.45, 2.75) is 6.92 Å². The average molecular weight is 246 g/mol. The molecule has 18 heavy (non-hydrogen) atoms. The van der Waals surface area contributed by atoms with E-state index in [0.717, 1.165) is 4.73 Å². The van der Waals surface area contributed by atoms with Crippen LogP contribution in [0.15, 0.2) is 34.7 Å². The van der Waals surface area contributed by atoms with Gasteiger partial charge in [0.2, 0.25) is 5.69 Å². The van der Waals surface area contributed by atoms with Gasteiger partial charge in [-0.2, -0.15) is 4.73 Å². The fraction of sp³-hybridized carbons (Fsp3) is 0.0833. The molecular weight excluding hydrogens is 236 g/mol. The summed E-state index contributed by atoms with van der Waals surface area (Å²) in [6.07, 6.45) is 3.05. The lowest BCUT2D eigenvalue weighted by molar-refractivity contribution is -0.614. The van der Waals surface area contributed by atoms with Crippen molar-refractivity contribution in [3.05, 3.63) is 62.8 Å². The summed E-state index contributed by atoms with van der Waals surface area (Å²) in [5, 5.41) is 22.1. The van der Waals surface area contributed by atoms with Gasteiger partial charge in [0.1, 0.15) is 10.7 Å². The molecular formula is C12H10N2O4. The lowest BCUT2D eigenvalue weighted by Crippen LogP contribution is -2.33. The molecule has 6 heteroatoms. The molecule has 0 fully saturated rings. The van der Waals surface area contributed by atoms with Crippen LogP contribution in [0.1, 0.15) is 17.1 Å². The highest BCUT2D eigenvalue weighted by Gasteiger charge is 2.10. The zero-order chi connectivity index (χ0) is 13.1. The van der Waals surface area contributed by atoms with E-state index < -0.39 is 4.92 Å². The van der Waals surface area contributed by atoms with Crippen LogP contribution in [0.4, 0.5) is 5.88 Å². The zero-order valence-corrected chi connectivity index (χ0v) is 9.57. The first-order valence-electron chi connectivity index (χ1n) is 5.19. The molecule has 2 rings (SSSR count). The SMILES string of the molecule is Cc1cccc(C=Cc2ccc([N+](=O)[O-])o2)[n+]1[O-]. The molecule has 92 valence electrons. The quantitative estimate of drug-likeness (QED) is 0.360. The van der Waals surface area contributed by atoms with E-state index >= 15 is 0 Å². The Hall–Kier alpha value is -2.63. The van der Waals surface area contributed by atoms with Crippen LogP contribution in [-0.4, -0.2) is 4.92 Å². The minimum absolute atomic E-state index is 0.322. The largest absolute Gasteiger partial charge is 0.618 e. The molecule has 6 nitrogen and oxygen atoms in total. The van der Waals surface area contributed by atoms with E-state index in [-0.39, 0.29) is 5.88 Å². The van der Waals surface area contributed by atoms with Crippen molar-refractivity contribution in [1.29, 1.82) is 0 Å². The number of aromatic nitrogens is 1. The van der Waals surface area contributed by atoms with Crippen molar-refractivity contribution in [1.82, 2.24) is 0 Å². The number of aryl methyl sites for hydroxylation is 1. The van der Waals surface area contributed by atoms with E-state index in [9.17, 15) is 15.3 Å². The molecule has 0 saturated carbocycles. The van der Waals surface area contributed by atoms with Crippen LogP contribution in [0.5, 0.6) is 0 Å². The minimum atomic E-state index is -0.613. The predicted octanol–water partition coefficient (Wildman–Crippen LogP) is 2.30. The maximum absolute atomic E-state index is 11.6. The van der Waals surface area contributed by atoms with Gasteiger partial charge in [-0.15, -0.1) is 0 Å². The minimum Gasteiger partial charge on any atom is -0.618 e. The average Bonchev–Trinajstić information content (AvgIpc) is 2.80. The highest BCUT2D eigenvalue weighted by Crippen LogP contribution is 2.17. The summed E-state index contributed by atoms with van der Waals surface area (Å²) in [5.74, 6) is -0.00269. The van der Waals surface area contributed by atoms with Gasteiger partial charge >= 0.3 is 5.88 Å². The fourth-order valence-corrected chi connectivity index (χ4v) is 1.45. The number of nitro groups is 1. The number of nitrogens with zero attached hydrogens (tertiary/aromatic N) is 2. The molecule has 0 N–H and O–H groups in total. The van der Waals surface area contributed by atoms with Crippen molar-refractivity contribution in [2.75, 3.05) is 0 Å². The molecule has 0 radical (unpaired) electrons. The molecule has 0 aliphatic heterocycles. The molecule has 2 aromatic rings. The number of furan rings is 1. The van der Waals surface area contributed by atoms with E-state index in [4.69, 9.17) is 4.42 Å². The summed E-state index contributed by atoms with van der Waals surface area (Å²) < 4.78 is 5.71. The number of rotatable bonds is 3. The van der Waals surface area contributed by atoms with Crippen LogP contribution in [0.2, 0.25) is 0 Å². The van der Waals surface area contributed by atoms with Crippen molar-refractivity contribution in [2.24, 2.45) is 0 Å². The number of pyridine rings is 1. The van der Waals surface area contributed by atoms with Gasteiger partial charge in [0.15, 0.2) is 5.69 Å². The topological polar surface area (TPSA) is 83.2 Å². The van der Waals surface area contributed by atoms with Crippen LogP contribution in [0, 0.1) is 22.2 Å². The first-order chi connectivity index (χ1) is 8.58. The van der Waals surface area contributed by atoms with Gasteiger partial charge in [0, 0.05) is 25.1 Å². The van der Waals surface area contributed by atoms with Gasteiger partial charge in [-0.1, -0.05) is 0 Å². The van der Waals surface area contributed by atoms with Gasteiger partial charge < -0.3 is 9.62 Å². The highest BCUT2D eigenvalue weighted by atomic mass is 16.6. The number of hydrogen-bond donors (Lipinski definition) is 0. The third-order valence-corrected chi connectivity index (χ3v) is 2.37. The molecule has 2 aromatic heterocycles. The molecule has 0 aromatic carbocycles. The van der Waals surface area contributed by atoms with Crippen LogP contribution >= 0.6 is 0 Å². The molecule has 0 bridgehead atoms. The van der Waals surface area contributed by atoms with Crippen LogP contribution in [0.25, 0.3) is 12.2 Å². The number of hydrogen-bond acceptors (Lipinski definition) is 4. The van der Waals surface area contributed by atoms with Crippen molar-refractivity contribution < 1.29 is 14.1 Å². The van der Waals surface area contributed by atoms with E-state index in [1.165, 1.54) is 18.2 Å². The zero-order valence-electron chi connectivity index (χ0n) is 9.57. The van der Waals surface area contributed by atoms with Gasteiger partial charge in [-0.05, 0) is 18.2 Å². The van der Waals surface area contributed by atoms with Crippen molar-refractivity contribution in [3.63, 3.8) is 0 Å². The lowest BCUT2D eigenvalue weighted by Gasteiger charge is -2.02. The molecule has 0 atom stereocenters. The Balaban J connectivity index is 2.24. The monoisotopic (exact) mass is 246 g/mol. The summed E-state index contributed by atoms with van der Waals surface area (Å²) in [6.45, 7) is 1.70. The summed E-state index contributed by atoms with van der Waals surface area (Å²) in [6, 6.07) is 7.84. The van der Waals surface area contributed by atoms with Crippen molar-refractivity contribution >= 4 is 18.0 Å². The standard InChI is InChI=1S/C12H10N2O4/c1-9-3-2-4-10(13(9)15)5-6-11-7-8-12(18-11)14(16)17/h2-8H,1H3. The third kappa shape index (κ3) is 2.37. The maximum atomic E-state index is 11.6. The lowest BCUT2D eigenvalue weighted by atomic mass is 10.3. The second kappa shape index (κ2) is 4.70. The Morgan fingerprint density at radius 3 is 2.72 bits per heavy atom. The van der Waals surface area contributed by atoms with E-state index in [1.807, 2.05) is 0 Å². The summed E-state index contributed by atoms with van der Waals surface area (Å²) in [7, 11) is 0. The Morgan fingerprint density at radius 2 is 2.06 bits per heavy atom. The summed E-state index contributed by atoms with van der Waals surface area (Å²) in [4.78, 5) is 9.81. The first kappa shape index (κ1) is 11.8. The first-order valence-corrected chi connectivity index (χ1v) is 5.19. The molecule has 2 heterocycles. The van der Waals surface area contributed by atoms with E-state index in [1.54, 1.807) is 31.2 Å². The molecule has 0 spiro atoms. The van der Waals surface area contributed by atoms with Crippen LogP contribution in [0.3, 0.4) is 0 Å². The van der Waals surface area contributed by atoms with Gasteiger partial charge in [0.05, 0.1) is 6.07 Å². The fourth-order valence-electron chi connectivity index (χ4n) is 1.45. The van der Waals surface area contributed by atoms with Crippen LogP contribution in [-0.2, 0) is 0 Å². The molecule has 0 aliphatic carbocycles. The molecule has 0 unspecified atom stereocenters. The van der Waals surface area contributed by atoms with Crippen LogP contribution < -0.4 is 4.73 Å². The Kier molecular flexibility index (Phi) is 3.09. The smallest absolute Gasteiger partial charge is 0.433 e. The second-order valence-electron chi connectivity index (χ2n) is 3.65. The third-order valence-electron chi connectivity index (χ3n) is 2.37. The Bertz CT molecular complexity index is 616. The van der Waals surface area contributed by atoms with Gasteiger partial charge in [-0.3, -0.25) is 10.1 Å². The van der Waals surface area contributed by atoms with Crippen molar-refractivity contribution in [3.8, 4) is 0 Å². The van der Waals surface area contributed by atoms with E-state index in [0.29, 0.717) is 17.1 Å². The molecule has 0 saturated heterocycles. The maximum Gasteiger partial charge on any atom is 0.433 e. The summed E-state index contributed by atoms with van der Waals surface area (Å²) >= 11 is 0. The van der Waals surface area contributed by atoms with E-state index in [2.05, 4.69) is 0 Å². The van der Waals surface area contributed by atoms with Gasteiger partial charge in [0.25, 0.3) is 0 Å². The Morgan fingerprint density at radius 1 is 1.28 bits per heavy atom. The Labute approximate surface area is 103 Å². The summed E-state index contributed by atoms with van der Waals surface area (Å²) in [5.41, 5.74) is 1.01. The second-order valence-corrected chi connectivity index (χ2v) is 3.65. The normalized spacial score (nSPS) is 10.9. The molecule has 0 amide bonds.